The van der Waals surface area contributed by atoms with Crippen LogP contribution >= 0.6 is 11.3 Å². The monoisotopic (exact) mass is 299 g/mol. The van der Waals surface area contributed by atoms with Gasteiger partial charge in [0.15, 0.2) is 5.13 Å². The van der Waals surface area contributed by atoms with Gasteiger partial charge in [-0.05, 0) is 17.7 Å². The second-order valence-electron chi connectivity index (χ2n) is 3.63. The van der Waals surface area contributed by atoms with Gasteiger partial charge in [-0.1, -0.05) is 6.07 Å². The first-order chi connectivity index (χ1) is 9.06. The number of thiazole rings is 1. The largest absolute Gasteiger partial charge is 0.495 e. The average Bonchev–Trinajstić information content (AvgIpc) is 2.89. The maximum absolute atomic E-state index is 12.2. The van der Waals surface area contributed by atoms with Crippen molar-refractivity contribution in [2.75, 3.05) is 11.8 Å². The fraction of sp³-hybridized carbons (Fsp3) is 0.182. The predicted octanol–water partition coefficient (Wildman–Crippen LogP) is 1.41. The lowest BCUT2D eigenvalue weighted by atomic mass is 10.2. The number of sulfonamides is 1. The molecule has 2 rings (SSSR count). The number of hydrogen-bond donors (Lipinski definition) is 2. The van der Waals surface area contributed by atoms with Crippen LogP contribution in [-0.2, 0) is 16.6 Å². The summed E-state index contributed by atoms with van der Waals surface area (Å²) in [5.74, 6) is 0.256. The molecular formula is C11H13N3O3S2. The minimum Gasteiger partial charge on any atom is -0.495 e. The van der Waals surface area contributed by atoms with Crippen molar-refractivity contribution in [2.45, 2.75) is 11.4 Å². The first-order valence-corrected chi connectivity index (χ1v) is 7.72. The van der Waals surface area contributed by atoms with E-state index in [9.17, 15) is 8.42 Å². The van der Waals surface area contributed by atoms with E-state index in [1.165, 1.54) is 30.7 Å². The zero-order chi connectivity index (χ0) is 13.9. The summed E-state index contributed by atoms with van der Waals surface area (Å²) in [7, 11) is -2.30. The van der Waals surface area contributed by atoms with Gasteiger partial charge in [0.05, 0.1) is 7.11 Å². The van der Waals surface area contributed by atoms with Crippen LogP contribution in [0.15, 0.2) is 34.7 Å². The SMILES string of the molecule is COc1cc(CN)ccc1S(=O)(=O)Nc1nccs1. The molecule has 3 N–H and O–H groups in total. The zero-order valence-corrected chi connectivity index (χ0v) is 11.8. The Kier molecular flexibility index (Phi) is 4.03. The number of hydrogen-bond acceptors (Lipinski definition) is 6. The zero-order valence-electron chi connectivity index (χ0n) is 10.2. The Morgan fingerprint density at radius 2 is 2.26 bits per heavy atom. The fourth-order valence-corrected chi connectivity index (χ4v) is 3.45. The molecule has 0 saturated heterocycles. The van der Waals surface area contributed by atoms with Gasteiger partial charge in [-0.15, -0.1) is 11.3 Å². The van der Waals surface area contributed by atoms with E-state index < -0.39 is 10.0 Å². The topological polar surface area (TPSA) is 94.3 Å². The van der Waals surface area contributed by atoms with Crippen LogP contribution in [0.4, 0.5) is 5.13 Å². The Balaban J connectivity index is 2.40. The van der Waals surface area contributed by atoms with Crippen LogP contribution in [0.25, 0.3) is 0 Å². The van der Waals surface area contributed by atoms with Crippen molar-refractivity contribution in [2.24, 2.45) is 5.73 Å². The third-order valence-electron chi connectivity index (χ3n) is 2.41. The van der Waals surface area contributed by atoms with Crippen LogP contribution in [0.1, 0.15) is 5.56 Å². The third-order valence-corrected chi connectivity index (χ3v) is 4.60. The molecule has 0 aliphatic carbocycles. The summed E-state index contributed by atoms with van der Waals surface area (Å²) in [4.78, 5) is 3.94. The maximum Gasteiger partial charge on any atom is 0.267 e. The molecule has 19 heavy (non-hydrogen) atoms. The summed E-state index contributed by atoms with van der Waals surface area (Å²) in [6.07, 6.45) is 1.53. The Labute approximate surface area is 115 Å². The molecule has 0 bridgehead atoms. The molecule has 102 valence electrons. The van der Waals surface area contributed by atoms with Crippen LogP contribution < -0.4 is 15.2 Å². The van der Waals surface area contributed by atoms with Crippen molar-refractivity contribution < 1.29 is 13.2 Å². The number of nitrogens with zero attached hydrogens (tertiary/aromatic N) is 1. The highest BCUT2D eigenvalue weighted by Crippen LogP contribution is 2.27. The highest BCUT2D eigenvalue weighted by atomic mass is 32.2. The van der Waals surface area contributed by atoms with Gasteiger partial charge in [-0.25, -0.2) is 13.4 Å². The molecule has 0 saturated carbocycles. The second-order valence-corrected chi connectivity index (χ2v) is 6.18. The number of rotatable bonds is 5. The second kappa shape index (κ2) is 5.55. The van der Waals surface area contributed by atoms with E-state index in [0.29, 0.717) is 11.7 Å². The lowest BCUT2D eigenvalue weighted by Crippen LogP contribution is -2.14. The molecule has 1 heterocycles. The first-order valence-electron chi connectivity index (χ1n) is 5.36. The smallest absolute Gasteiger partial charge is 0.267 e. The van der Waals surface area contributed by atoms with Crippen molar-refractivity contribution in [3.05, 3.63) is 35.3 Å². The molecule has 0 unspecified atom stereocenters. The van der Waals surface area contributed by atoms with Gasteiger partial charge >= 0.3 is 0 Å². The van der Waals surface area contributed by atoms with Crippen LogP contribution in [0.3, 0.4) is 0 Å². The van der Waals surface area contributed by atoms with Gasteiger partial charge in [0, 0.05) is 18.1 Å². The van der Waals surface area contributed by atoms with Gasteiger partial charge < -0.3 is 10.5 Å². The Morgan fingerprint density at radius 3 is 2.84 bits per heavy atom. The molecular weight excluding hydrogens is 286 g/mol. The Hall–Kier alpha value is -1.64. The van der Waals surface area contributed by atoms with Crippen molar-refractivity contribution in [3.8, 4) is 5.75 Å². The van der Waals surface area contributed by atoms with Crippen LogP contribution in [-0.4, -0.2) is 20.5 Å². The van der Waals surface area contributed by atoms with E-state index >= 15 is 0 Å². The van der Waals surface area contributed by atoms with E-state index in [4.69, 9.17) is 10.5 Å². The summed E-state index contributed by atoms with van der Waals surface area (Å²) in [6.45, 7) is 0.316. The Bertz CT molecular complexity index is 654. The molecule has 0 amide bonds. The molecule has 1 aromatic heterocycles. The summed E-state index contributed by atoms with van der Waals surface area (Å²) in [5, 5.41) is 2.00. The van der Waals surface area contributed by atoms with Gasteiger partial charge in [-0.3, -0.25) is 4.72 Å². The minimum absolute atomic E-state index is 0.0578. The van der Waals surface area contributed by atoms with Gasteiger partial charge in [0.2, 0.25) is 0 Å². The number of nitrogens with one attached hydrogen (secondary N) is 1. The van der Waals surface area contributed by atoms with Crippen molar-refractivity contribution in [1.82, 2.24) is 4.98 Å². The molecule has 8 heteroatoms. The van der Waals surface area contributed by atoms with E-state index in [0.717, 1.165) is 5.56 Å². The van der Waals surface area contributed by atoms with E-state index in [2.05, 4.69) is 9.71 Å². The van der Waals surface area contributed by atoms with Crippen molar-refractivity contribution >= 4 is 26.5 Å². The van der Waals surface area contributed by atoms with Crippen molar-refractivity contribution in [3.63, 3.8) is 0 Å². The first kappa shape index (κ1) is 13.8. The molecule has 0 spiro atoms. The maximum atomic E-state index is 12.2. The summed E-state index contributed by atoms with van der Waals surface area (Å²) in [6, 6.07) is 4.73. The van der Waals surface area contributed by atoms with Gasteiger partial charge in [-0.2, -0.15) is 0 Å². The summed E-state index contributed by atoms with van der Waals surface area (Å²) < 4.78 is 31.9. The molecule has 0 atom stereocenters. The van der Waals surface area contributed by atoms with Gasteiger partial charge in [0.1, 0.15) is 10.6 Å². The number of methoxy groups -OCH3 is 1. The Morgan fingerprint density at radius 1 is 1.47 bits per heavy atom. The van der Waals surface area contributed by atoms with Crippen LogP contribution in [0.5, 0.6) is 5.75 Å². The number of ether oxygens (including phenoxy) is 1. The normalized spacial score (nSPS) is 11.3. The third kappa shape index (κ3) is 3.03. The standard InChI is InChI=1S/C11H13N3O3S2/c1-17-9-6-8(7-12)2-3-10(9)19(15,16)14-11-13-4-5-18-11/h2-6H,7,12H2,1H3,(H,13,14). The number of anilines is 1. The molecule has 0 fully saturated rings. The molecule has 6 nitrogen and oxygen atoms in total. The minimum atomic E-state index is -3.72. The predicted molar refractivity (Wildman–Crippen MR) is 73.8 cm³/mol. The fourth-order valence-electron chi connectivity index (χ4n) is 1.50. The van der Waals surface area contributed by atoms with Gasteiger partial charge in [0.25, 0.3) is 10.0 Å². The number of nitrogens with two attached hydrogens (primary N) is 1. The lowest BCUT2D eigenvalue weighted by molar-refractivity contribution is 0.402. The average molecular weight is 299 g/mol. The van der Waals surface area contributed by atoms with E-state index in [-0.39, 0.29) is 10.6 Å². The molecule has 2 aromatic rings. The number of benzene rings is 1. The van der Waals surface area contributed by atoms with Crippen LogP contribution in [0, 0.1) is 0 Å². The summed E-state index contributed by atoms with van der Waals surface area (Å²) >= 11 is 1.20. The highest BCUT2D eigenvalue weighted by molar-refractivity contribution is 7.93. The van der Waals surface area contributed by atoms with E-state index in [1.807, 2.05) is 0 Å². The number of aromatic nitrogens is 1. The van der Waals surface area contributed by atoms with E-state index in [1.54, 1.807) is 17.5 Å². The van der Waals surface area contributed by atoms with Crippen molar-refractivity contribution in [1.29, 1.82) is 0 Å². The molecule has 0 radical (unpaired) electrons. The molecule has 0 aliphatic rings. The molecule has 1 aromatic carbocycles. The quantitative estimate of drug-likeness (QED) is 0.870. The highest BCUT2D eigenvalue weighted by Gasteiger charge is 2.20. The summed E-state index contributed by atoms with van der Waals surface area (Å²) in [5.41, 5.74) is 6.31. The molecule has 0 aliphatic heterocycles. The lowest BCUT2D eigenvalue weighted by Gasteiger charge is -2.11. The van der Waals surface area contributed by atoms with Crippen LogP contribution in [0.2, 0.25) is 0 Å².